The van der Waals surface area contributed by atoms with Crippen LogP contribution in [0.15, 0.2) is 140 Å². The van der Waals surface area contributed by atoms with Crippen LogP contribution in [0.25, 0.3) is 60.9 Å². The lowest BCUT2D eigenvalue weighted by Gasteiger charge is -2.61. The Morgan fingerprint density at radius 3 is 1.94 bits per heavy atom. The average Bonchev–Trinajstić information content (AvgIpc) is 3.62. The maximum atomic E-state index is 2.53. The largest absolute Gasteiger partial charge is 0.309 e. The first-order chi connectivity index (χ1) is 23.3. The van der Waals surface area contributed by atoms with Crippen molar-refractivity contribution in [3.05, 3.63) is 151 Å². The van der Waals surface area contributed by atoms with Crippen LogP contribution in [0.2, 0.25) is 0 Å². The smallest absolute Gasteiger partial charge is 0.0547 e. The zero-order valence-electron chi connectivity index (χ0n) is 26.6. The van der Waals surface area contributed by atoms with Crippen molar-refractivity contribution < 1.29 is 0 Å². The lowest BCUT2D eigenvalue weighted by molar-refractivity contribution is -0.0399. The van der Waals surface area contributed by atoms with E-state index in [1.54, 1.807) is 11.1 Å². The molecule has 0 aliphatic heterocycles. The molecule has 0 unspecified atom stereocenters. The highest BCUT2D eigenvalue weighted by Gasteiger charge is 2.61. The Kier molecular flexibility index (Phi) is 5.34. The fourth-order valence-electron chi connectivity index (χ4n) is 11.4. The SMILES string of the molecule is c1ccc(-c2cccc(-n3c4ccccc4c4c(-c5cccc6c5-c5ccccc5C65C6CC7CC(C6)CC5C7)cccc43)c2)cc1. The summed E-state index contributed by atoms with van der Waals surface area (Å²) in [6, 6.07) is 52.7. The van der Waals surface area contributed by atoms with Gasteiger partial charge < -0.3 is 4.57 Å². The minimum Gasteiger partial charge on any atom is -0.309 e. The molecular formula is C46H37N. The highest BCUT2D eigenvalue weighted by Crippen LogP contribution is 2.70. The number of para-hydroxylation sites is 1. The lowest BCUT2D eigenvalue weighted by Crippen LogP contribution is -2.55. The van der Waals surface area contributed by atoms with Gasteiger partial charge in [0.25, 0.3) is 0 Å². The standard InChI is InChI=1S/C46H37N/c1-2-11-31(12-3-1)32-13-8-14-35(28-32)47-42-21-7-5-16-39(42)45-37(18-10-22-43(45)47)36-17-9-20-41-44(36)38-15-4-6-19-40(38)46(41)33-24-29-23-30(26-33)27-34(46)25-29/h1-22,28-30,33-34H,23-27H2. The Balaban J connectivity index is 1.17. The molecule has 226 valence electrons. The summed E-state index contributed by atoms with van der Waals surface area (Å²) in [5.41, 5.74) is 15.4. The van der Waals surface area contributed by atoms with Gasteiger partial charge in [-0.25, -0.2) is 0 Å². The van der Waals surface area contributed by atoms with E-state index in [0.29, 0.717) is 0 Å². The van der Waals surface area contributed by atoms with Crippen LogP contribution in [0.4, 0.5) is 0 Å². The molecule has 6 aromatic carbocycles. The Bertz CT molecular complexity index is 2340. The molecule has 5 aliphatic rings. The van der Waals surface area contributed by atoms with E-state index in [0.717, 1.165) is 23.7 Å². The van der Waals surface area contributed by atoms with Crippen molar-refractivity contribution in [3.63, 3.8) is 0 Å². The first-order valence-electron chi connectivity index (χ1n) is 17.7. The summed E-state index contributed by atoms with van der Waals surface area (Å²) >= 11 is 0. The van der Waals surface area contributed by atoms with Gasteiger partial charge in [-0.2, -0.15) is 0 Å². The van der Waals surface area contributed by atoms with Crippen molar-refractivity contribution in [2.45, 2.75) is 37.5 Å². The fourth-order valence-corrected chi connectivity index (χ4v) is 11.4. The molecule has 5 aliphatic carbocycles. The molecule has 4 saturated carbocycles. The maximum absolute atomic E-state index is 2.53. The van der Waals surface area contributed by atoms with Crippen LogP contribution in [0, 0.1) is 23.7 Å². The molecule has 1 nitrogen and oxygen atoms in total. The van der Waals surface area contributed by atoms with E-state index in [-0.39, 0.29) is 5.41 Å². The number of hydrogen-bond donors (Lipinski definition) is 0. The number of hydrogen-bond acceptors (Lipinski definition) is 0. The van der Waals surface area contributed by atoms with Gasteiger partial charge in [-0.15, -0.1) is 0 Å². The Morgan fingerprint density at radius 2 is 1.09 bits per heavy atom. The third-order valence-corrected chi connectivity index (χ3v) is 12.8. The maximum Gasteiger partial charge on any atom is 0.0547 e. The van der Waals surface area contributed by atoms with Crippen LogP contribution in [-0.4, -0.2) is 4.57 Å². The second-order valence-corrected chi connectivity index (χ2v) is 14.9. The predicted molar refractivity (Wildman–Crippen MR) is 195 cm³/mol. The molecule has 7 aromatic rings. The number of aromatic nitrogens is 1. The van der Waals surface area contributed by atoms with Gasteiger partial charge in [-0.05, 0) is 125 Å². The Hall–Kier alpha value is -4.88. The molecule has 4 fully saturated rings. The average molecular weight is 604 g/mol. The lowest BCUT2D eigenvalue weighted by atomic mass is 9.43. The second kappa shape index (κ2) is 9.58. The molecule has 0 saturated heterocycles. The van der Waals surface area contributed by atoms with Crippen LogP contribution in [0.1, 0.15) is 43.2 Å². The van der Waals surface area contributed by atoms with Crippen LogP contribution < -0.4 is 0 Å². The summed E-state index contributed by atoms with van der Waals surface area (Å²) in [7, 11) is 0. The van der Waals surface area contributed by atoms with Gasteiger partial charge in [0.05, 0.1) is 11.0 Å². The number of benzene rings is 6. The zero-order valence-corrected chi connectivity index (χ0v) is 26.6. The van der Waals surface area contributed by atoms with Crippen molar-refractivity contribution >= 4 is 21.8 Å². The highest BCUT2D eigenvalue weighted by molar-refractivity contribution is 6.17. The number of rotatable bonds is 3. The van der Waals surface area contributed by atoms with Crippen molar-refractivity contribution in [1.82, 2.24) is 4.57 Å². The first kappa shape index (κ1) is 26.2. The van der Waals surface area contributed by atoms with Crippen LogP contribution in [0.3, 0.4) is 0 Å². The van der Waals surface area contributed by atoms with E-state index in [1.807, 2.05) is 0 Å². The molecule has 1 aromatic heterocycles. The summed E-state index contributed by atoms with van der Waals surface area (Å²) < 4.78 is 2.48. The van der Waals surface area contributed by atoms with Crippen molar-refractivity contribution in [2.24, 2.45) is 23.7 Å². The molecule has 47 heavy (non-hydrogen) atoms. The Morgan fingerprint density at radius 1 is 0.468 bits per heavy atom. The molecule has 1 heteroatoms. The van der Waals surface area contributed by atoms with E-state index in [9.17, 15) is 0 Å². The third-order valence-electron chi connectivity index (χ3n) is 12.8. The molecule has 0 amide bonds. The van der Waals surface area contributed by atoms with Gasteiger partial charge in [0, 0.05) is 21.9 Å². The molecule has 12 rings (SSSR count). The van der Waals surface area contributed by atoms with Crippen molar-refractivity contribution in [3.8, 4) is 39.1 Å². The Labute approximate surface area is 276 Å². The van der Waals surface area contributed by atoms with Crippen LogP contribution >= 0.6 is 0 Å². The molecule has 1 spiro atoms. The molecule has 0 N–H and O–H groups in total. The first-order valence-corrected chi connectivity index (χ1v) is 17.7. The van der Waals surface area contributed by atoms with E-state index in [2.05, 4.69) is 144 Å². The van der Waals surface area contributed by atoms with Crippen LogP contribution in [0.5, 0.6) is 0 Å². The number of fused-ring (bicyclic) bond motifs is 6. The summed E-state index contributed by atoms with van der Waals surface area (Å²) in [5, 5.41) is 2.67. The quantitative estimate of drug-likeness (QED) is 0.189. The molecule has 4 bridgehead atoms. The van der Waals surface area contributed by atoms with Gasteiger partial charge in [-0.3, -0.25) is 0 Å². The second-order valence-electron chi connectivity index (χ2n) is 14.9. The summed E-state index contributed by atoms with van der Waals surface area (Å²) in [5.74, 6) is 3.43. The normalized spacial score (nSPS) is 25.1. The summed E-state index contributed by atoms with van der Waals surface area (Å²) in [6.07, 6.45) is 7.14. The van der Waals surface area contributed by atoms with Crippen LogP contribution in [-0.2, 0) is 5.41 Å². The highest BCUT2D eigenvalue weighted by atomic mass is 15.0. The van der Waals surface area contributed by atoms with Gasteiger partial charge in [0.1, 0.15) is 0 Å². The molecule has 0 radical (unpaired) electrons. The molecular weight excluding hydrogens is 567 g/mol. The van der Waals surface area contributed by atoms with Gasteiger partial charge in [0.2, 0.25) is 0 Å². The number of nitrogens with zero attached hydrogens (tertiary/aromatic N) is 1. The van der Waals surface area contributed by atoms with Gasteiger partial charge in [0.15, 0.2) is 0 Å². The topological polar surface area (TPSA) is 4.93 Å². The minimum atomic E-state index is 0.176. The zero-order chi connectivity index (χ0) is 30.7. The molecule has 1 heterocycles. The van der Waals surface area contributed by atoms with Gasteiger partial charge >= 0.3 is 0 Å². The van der Waals surface area contributed by atoms with E-state index in [4.69, 9.17) is 0 Å². The van der Waals surface area contributed by atoms with E-state index >= 15 is 0 Å². The van der Waals surface area contributed by atoms with Gasteiger partial charge in [-0.1, -0.05) is 115 Å². The fraction of sp³-hybridized carbons (Fsp3) is 0.217. The van der Waals surface area contributed by atoms with Crippen molar-refractivity contribution in [2.75, 3.05) is 0 Å². The monoisotopic (exact) mass is 603 g/mol. The minimum absolute atomic E-state index is 0.176. The third kappa shape index (κ3) is 3.45. The van der Waals surface area contributed by atoms with E-state index in [1.165, 1.54) is 93.0 Å². The summed E-state index contributed by atoms with van der Waals surface area (Å²) in [6.45, 7) is 0. The molecule has 0 atom stereocenters. The predicted octanol–water partition coefficient (Wildman–Crippen LogP) is 11.8. The van der Waals surface area contributed by atoms with E-state index < -0.39 is 0 Å². The van der Waals surface area contributed by atoms with Crippen molar-refractivity contribution in [1.29, 1.82) is 0 Å². The summed E-state index contributed by atoms with van der Waals surface area (Å²) in [4.78, 5) is 0.